The average Bonchev–Trinajstić information content (AvgIpc) is 2.33. The molecule has 1 fully saturated rings. The van der Waals surface area contributed by atoms with Gasteiger partial charge in [-0.15, -0.1) is 0 Å². The maximum atomic E-state index is 11.9. The number of rotatable bonds is 6. The van der Waals surface area contributed by atoms with Crippen molar-refractivity contribution in [2.75, 3.05) is 34.0 Å². The van der Waals surface area contributed by atoms with E-state index in [1.807, 2.05) is 11.9 Å². The summed E-state index contributed by atoms with van der Waals surface area (Å²) in [6.45, 7) is 5.79. The molecule has 1 aliphatic rings. The number of likely N-dealkylation sites (N-methyl/N-ethyl adjacent to an activating group) is 1. The summed E-state index contributed by atoms with van der Waals surface area (Å²) < 4.78 is 10.1. The number of amides is 1. The molecule has 1 amide bonds. The quantitative estimate of drug-likeness (QED) is 0.684. The third-order valence-corrected chi connectivity index (χ3v) is 3.91. The van der Waals surface area contributed by atoms with Gasteiger partial charge in [0, 0.05) is 20.2 Å². The number of nitrogens with zero attached hydrogens (tertiary/aromatic N) is 1. The summed E-state index contributed by atoms with van der Waals surface area (Å²) in [7, 11) is 3.52. The predicted molar refractivity (Wildman–Crippen MR) is 71.5 cm³/mol. The lowest BCUT2D eigenvalue weighted by Crippen LogP contribution is -2.42. The molecule has 0 bridgehead atoms. The highest BCUT2D eigenvalue weighted by Crippen LogP contribution is 2.36. The van der Waals surface area contributed by atoms with E-state index in [0.29, 0.717) is 24.7 Å². The highest BCUT2D eigenvalue weighted by Gasteiger charge is 2.30. The van der Waals surface area contributed by atoms with Crippen LogP contribution in [0.25, 0.3) is 0 Å². The Labute approximate surface area is 111 Å². The monoisotopic (exact) mass is 257 g/mol. The second-order valence-corrected chi connectivity index (χ2v) is 5.95. The van der Waals surface area contributed by atoms with Crippen molar-refractivity contribution in [3.8, 4) is 0 Å². The van der Waals surface area contributed by atoms with Gasteiger partial charge in [-0.05, 0) is 31.1 Å². The van der Waals surface area contributed by atoms with E-state index in [1.54, 1.807) is 7.11 Å². The first-order chi connectivity index (χ1) is 8.46. The Hall–Kier alpha value is -0.610. The minimum Gasteiger partial charge on any atom is -0.382 e. The van der Waals surface area contributed by atoms with Crippen LogP contribution in [0.2, 0.25) is 0 Å². The molecule has 4 nitrogen and oxygen atoms in total. The molecular weight excluding hydrogens is 230 g/mol. The van der Waals surface area contributed by atoms with Crippen LogP contribution in [-0.4, -0.2) is 50.8 Å². The molecule has 106 valence electrons. The predicted octanol–water partition coefficient (Wildman–Crippen LogP) is 2.08. The molecule has 0 N–H and O–H groups in total. The molecule has 0 unspecified atom stereocenters. The third-order valence-electron chi connectivity index (χ3n) is 3.91. The zero-order valence-corrected chi connectivity index (χ0v) is 12.2. The Morgan fingerprint density at radius 3 is 2.44 bits per heavy atom. The number of hydrogen-bond donors (Lipinski definition) is 0. The largest absolute Gasteiger partial charge is 0.382 e. The van der Waals surface area contributed by atoms with Crippen LogP contribution in [0, 0.1) is 5.41 Å². The lowest BCUT2D eigenvalue weighted by molar-refractivity contribution is -0.138. The number of hydrogen-bond acceptors (Lipinski definition) is 3. The topological polar surface area (TPSA) is 38.8 Å². The van der Waals surface area contributed by atoms with Crippen molar-refractivity contribution in [2.45, 2.75) is 45.6 Å². The van der Waals surface area contributed by atoms with Crippen LogP contribution in [0.5, 0.6) is 0 Å². The van der Waals surface area contributed by atoms with Crippen molar-refractivity contribution in [1.82, 2.24) is 4.90 Å². The van der Waals surface area contributed by atoms with Crippen LogP contribution >= 0.6 is 0 Å². The summed E-state index contributed by atoms with van der Waals surface area (Å²) in [5.41, 5.74) is 0.440. The van der Waals surface area contributed by atoms with E-state index in [0.717, 1.165) is 12.8 Å². The summed E-state index contributed by atoms with van der Waals surface area (Å²) in [6.07, 6.45) is 4.60. The molecule has 1 aliphatic carbocycles. The summed E-state index contributed by atoms with van der Waals surface area (Å²) >= 11 is 0. The Bertz CT molecular complexity index is 256. The molecule has 0 saturated heterocycles. The minimum atomic E-state index is 0.0795. The number of ether oxygens (including phenoxy) is 2. The second kappa shape index (κ2) is 7.10. The smallest absolute Gasteiger partial charge is 0.248 e. The highest BCUT2D eigenvalue weighted by atomic mass is 16.5. The lowest BCUT2D eigenvalue weighted by atomic mass is 9.75. The summed E-state index contributed by atoms with van der Waals surface area (Å²) in [6, 6.07) is 0.386. The molecule has 4 heteroatoms. The second-order valence-electron chi connectivity index (χ2n) is 5.95. The van der Waals surface area contributed by atoms with E-state index in [9.17, 15) is 4.79 Å². The van der Waals surface area contributed by atoms with Gasteiger partial charge in [-0.3, -0.25) is 4.79 Å². The van der Waals surface area contributed by atoms with Crippen LogP contribution in [0.15, 0.2) is 0 Å². The van der Waals surface area contributed by atoms with Gasteiger partial charge in [0.2, 0.25) is 5.91 Å². The molecule has 1 rings (SSSR count). The maximum Gasteiger partial charge on any atom is 0.248 e. The molecule has 0 heterocycles. The number of carbonyl (C=O) groups is 1. The SMILES string of the molecule is COCCOCC(=O)N(C)C1CCC(C)(C)CC1. The van der Waals surface area contributed by atoms with Gasteiger partial charge in [-0.1, -0.05) is 13.8 Å². The first-order valence-corrected chi connectivity index (χ1v) is 6.78. The van der Waals surface area contributed by atoms with Gasteiger partial charge in [0.05, 0.1) is 13.2 Å². The van der Waals surface area contributed by atoms with E-state index >= 15 is 0 Å². The molecule has 18 heavy (non-hydrogen) atoms. The van der Waals surface area contributed by atoms with Crippen LogP contribution < -0.4 is 0 Å². The fourth-order valence-electron chi connectivity index (χ4n) is 2.38. The van der Waals surface area contributed by atoms with Gasteiger partial charge in [-0.25, -0.2) is 0 Å². The molecule has 0 aromatic carbocycles. The molecule has 0 spiro atoms. The summed E-state index contributed by atoms with van der Waals surface area (Å²) in [4.78, 5) is 13.8. The fourth-order valence-corrected chi connectivity index (χ4v) is 2.38. The van der Waals surface area contributed by atoms with Gasteiger partial charge in [0.25, 0.3) is 0 Å². The summed E-state index contributed by atoms with van der Waals surface area (Å²) in [5, 5.41) is 0. The Morgan fingerprint density at radius 2 is 1.89 bits per heavy atom. The van der Waals surface area contributed by atoms with Gasteiger partial charge in [0.15, 0.2) is 0 Å². The van der Waals surface area contributed by atoms with Crippen LogP contribution in [-0.2, 0) is 14.3 Å². The molecule has 1 saturated carbocycles. The van der Waals surface area contributed by atoms with Crippen LogP contribution in [0.4, 0.5) is 0 Å². The minimum absolute atomic E-state index is 0.0795. The zero-order valence-electron chi connectivity index (χ0n) is 12.2. The van der Waals surface area contributed by atoms with Crippen molar-refractivity contribution in [3.05, 3.63) is 0 Å². The van der Waals surface area contributed by atoms with E-state index in [-0.39, 0.29) is 12.5 Å². The molecular formula is C14H27NO3. The fraction of sp³-hybridized carbons (Fsp3) is 0.929. The van der Waals surface area contributed by atoms with Crippen molar-refractivity contribution in [2.24, 2.45) is 5.41 Å². The molecule has 0 atom stereocenters. The maximum absolute atomic E-state index is 11.9. The van der Waals surface area contributed by atoms with E-state index in [2.05, 4.69) is 13.8 Å². The molecule has 0 aromatic heterocycles. The first-order valence-electron chi connectivity index (χ1n) is 6.78. The van der Waals surface area contributed by atoms with Gasteiger partial charge in [0.1, 0.15) is 6.61 Å². The Morgan fingerprint density at radius 1 is 1.28 bits per heavy atom. The first kappa shape index (κ1) is 15.4. The van der Waals surface area contributed by atoms with Gasteiger partial charge < -0.3 is 14.4 Å². The van der Waals surface area contributed by atoms with E-state index in [1.165, 1.54) is 12.8 Å². The van der Waals surface area contributed by atoms with Crippen molar-refractivity contribution in [3.63, 3.8) is 0 Å². The van der Waals surface area contributed by atoms with Gasteiger partial charge >= 0.3 is 0 Å². The van der Waals surface area contributed by atoms with Crippen molar-refractivity contribution < 1.29 is 14.3 Å². The van der Waals surface area contributed by atoms with Crippen molar-refractivity contribution in [1.29, 1.82) is 0 Å². The number of carbonyl (C=O) groups excluding carboxylic acids is 1. The van der Waals surface area contributed by atoms with Gasteiger partial charge in [-0.2, -0.15) is 0 Å². The average molecular weight is 257 g/mol. The number of methoxy groups -OCH3 is 1. The lowest BCUT2D eigenvalue weighted by Gasteiger charge is -2.38. The molecule has 0 aliphatic heterocycles. The molecule has 0 aromatic rings. The van der Waals surface area contributed by atoms with Crippen LogP contribution in [0.1, 0.15) is 39.5 Å². The van der Waals surface area contributed by atoms with E-state index < -0.39 is 0 Å². The zero-order chi connectivity index (χ0) is 13.6. The van der Waals surface area contributed by atoms with Crippen LogP contribution in [0.3, 0.4) is 0 Å². The summed E-state index contributed by atoms with van der Waals surface area (Å²) in [5.74, 6) is 0.0795. The highest BCUT2D eigenvalue weighted by molar-refractivity contribution is 5.77. The Balaban J connectivity index is 2.27. The Kier molecular flexibility index (Phi) is 6.09. The van der Waals surface area contributed by atoms with E-state index in [4.69, 9.17) is 9.47 Å². The molecule has 0 radical (unpaired) electrons. The normalized spacial score (nSPS) is 19.8. The standard InChI is InChI=1S/C14H27NO3/c1-14(2)7-5-12(6-8-14)15(3)13(16)11-18-10-9-17-4/h12H,5-11H2,1-4H3. The third kappa shape index (κ3) is 4.94. The van der Waals surface area contributed by atoms with Crippen molar-refractivity contribution >= 4 is 5.91 Å².